The summed E-state index contributed by atoms with van der Waals surface area (Å²) in [5.74, 6) is -0.0273. The Labute approximate surface area is 177 Å². The average Bonchev–Trinajstić information content (AvgIpc) is 2.81. The van der Waals surface area contributed by atoms with Crippen molar-refractivity contribution in [3.05, 3.63) is 108 Å². The Morgan fingerprint density at radius 3 is 2.00 bits per heavy atom. The molecule has 0 aliphatic carbocycles. The molecule has 4 nitrogen and oxygen atoms in total. The van der Waals surface area contributed by atoms with Gasteiger partial charge in [-0.1, -0.05) is 91.0 Å². The van der Waals surface area contributed by atoms with Gasteiger partial charge in [-0.05, 0) is 16.7 Å². The van der Waals surface area contributed by atoms with Crippen LogP contribution in [0, 0.1) is 0 Å². The van der Waals surface area contributed by atoms with Crippen LogP contribution in [0.25, 0.3) is 0 Å². The third-order valence-electron chi connectivity index (χ3n) is 5.41. The molecule has 4 heteroatoms. The van der Waals surface area contributed by atoms with Crippen LogP contribution in [0.1, 0.15) is 23.1 Å². The lowest BCUT2D eigenvalue weighted by Gasteiger charge is -2.40. The van der Waals surface area contributed by atoms with Crippen molar-refractivity contribution >= 4 is 5.78 Å². The molecular formula is C26H26O4. The quantitative estimate of drug-likeness (QED) is 0.549. The monoisotopic (exact) mass is 402 g/mol. The van der Waals surface area contributed by atoms with Gasteiger partial charge in [0.15, 0.2) is 5.78 Å². The molecule has 154 valence electrons. The van der Waals surface area contributed by atoms with Crippen molar-refractivity contribution in [3.8, 4) is 0 Å². The van der Waals surface area contributed by atoms with Crippen molar-refractivity contribution in [2.75, 3.05) is 13.2 Å². The number of Topliss-reactive ketones (excluding diaryl/α,β-unsaturated/α-hetero) is 1. The molecule has 0 spiro atoms. The number of rotatable bonds is 8. The van der Waals surface area contributed by atoms with E-state index in [0.29, 0.717) is 26.2 Å². The van der Waals surface area contributed by atoms with Gasteiger partial charge in [0.2, 0.25) is 0 Å². The molecule has 0 aromatic heterocycles. The summed E-state index contributed by atoms with van der Waals surface area (Å²) in [6.07, 6.45) is -0.100. The second-order valence-corrected chi connectivity index (χ2v) is 7.58. The lowest BCUT2D eigenvalue weighted by atomic mass is 9.85. The fourth-order valence-electron chi connectivity index (χ4n) is 3.73. The first-order valence-electron chi connectivity index (χ1n) is 10.2. The maximum atomic E-state index is 12.5. The first-order chi connectivity index (χ1) is 14.8. The molecule has 1 aliphatic heterocycles. The van der Waals surface area contributed by atoms with Gasteiger partial charge in [0.1, 0.15) is 18.3 Å². The van der Waals surface area contributed by atoms with Gasteiger partial charge in [-0.15, -0.1) is 0 Å². The van der Waals surface area contributed by atoms with Crippen LogP contribution in [0.3, 0.4) is 0 Å². The second-order valence-electron chi connectivity index (χ2n) is 7.58. The summed E-state index contributed by atoms with van der Waals surface area (Å²) < 4.78 is 18.2. The van der Waals surface area contributed by atoms with Crippen molar-refractivity contribution in [1.82, 2.24) is 0 Å². The lowest BCUT2D eigenvalue weighted by Crippen LogP contribution is -2.48. The fraction of sp³-hybridized carbons (Fsp3) is 0.269. The van der Waals surface area contributed by atoms with Crippen molar-refractivity contribution in [3.63, 3.8) is 0 Å². The molecule has 2 atom stereocenters. The molecule has 1 aliphatic rings. The van der Waals surface area contributed by atoms with E-state index in [0.717, 1.165) is 16.7 Å². The molecule has 0 bridgehead atoms. The predicted octanol–water partition coefficient (Wildman–Crippen LogP) is 4.67. The summed E-state index contributed by atoms with van der Waals surface area (Å²) >= 11 is 0. The Morgan fingerprint density at radius 1 is 0.800 bits per heavy atom. The maximum Gasteiger partial charge on any atom is 0.187 e. The van der Waals surface area contributed by atoms with Gasteiger partial charge >= 0.3 is 0 Å². The number of ketones is 1. The highest BCUT2D eigenvalue weighted by Crippen LogP contribution is 2.36. The molecule has 3 aromatic carbocycles. The Kier molecular flexibility index (Phi) is 6.70. The van der Waals surface area contributed by atoms with E-state index >= 15 is 0 Å². The molecule has 0 radical (unpaired) electrons. The van der Waals surface area contributed by atoms with E-state index in [9.17, 15) is 4.79 Å². The van der Waals surface area contributed by atoms with Gasteiger partial charge in [-0.2, -0.15) is 0 Å². The van der Waals surface area contributed by atoms with E-state index in [4.69, 9.17) is 14.2 Å². The Hall–Kier alpha value is -2.79. The van der Waals surface area contributed by atoms with Crippen LogP contribution in [0.15, 0.2) is 91.0 Å². The summed E-state index contributed by atoms with van der Waals surface area (Å²) in [6, 6.07) is 29.9. The van der Waals surface area contributed by atoms with Crippen LogP contribution in [-0.2, 0) is 37.8 Å². The van der Waals surface area contributed by atoms with Crippen LogP contribution >= 0.6 is 0 Å². The number of ether oxygens (including phenoxy) is 3. The maximum absolute atomic E-state index is 12.5. The van der Waals surface area contributed by atoms with E-state index in [-0.39, 0.29) is 12.4 Å². The van der Waals surface area contributed by atoms with Gasteiger partial charge in [0, 0.05) is 6.42 Å². The van der Waals surface area contributed by atoms with E-state index in [1.807, 2.05) is 91.0 Å². The SMILES string of the molecule is O=C1CO[C@](COCc2ccccc2)(c2ccccc2)C[C@@H]1OCc1ccccc1. The molecule has 1 heterocycles. The summed E-state index contributed by atoms with van der Waals surface area (Å²) in [4.78, 5) is 12.5. The zero-order chi connectivity index (χ0) is 20.7. The van der Waals surface area contributed by atoms with E-state index < -0.39 is 11.7 Å². The van der Waals surface area contributed by atoms with Crippen LogP contribution in [0.4, 0.5) is 0 Å². The number of hydrogen-bond acceptors (Lipinski definition) is 4. The number of carbonyl (C=O) groups is 1. The van der Waals surface area contributed by atoms with Gasteiger partial charge in [0.05, 0.1) is 19.8 Å². The predicted molar refractivity (Wildman–Crippen MR) is 115 cm³/mol. The standard InChI is InChI=1S/C26H26O4/c27-24-19-30-26(23-14-8-3-9-15-23,20-28-17-21-10-4-1-5-11-21)16-25(24)29-18-22-12-6-2-7-13-22/h1-15,25H,16-20H2/t25-,26+/m0/s1. The van der Waals surface area contributed by atoms with Crippen molar-refractivity contribution < 1.29 is 19.0 Å². The minimum Gasteiger partial charge on any atom is -0.373 e. The number of benzene rings is 3. The molecule has 1 fully saturated rings. The highest BCUT2D eigenvalue weighted by molar-refractivity contribution is 5.85. The second kappa shape index (κ2) is 9.81. The number of hydrogen-bond donors (Lipinski definition) is 0. The summed E-state index contributed by atoms with van der Waals surface area (Å²) in [5, 5.41) is 0. The van der Waals surface area contributed by atoms with Crippen LogP contribution in [0.2, 0.25) is 0 Å². The molecular weight excluding hydrogens is 376 g/mol. The molecule has 3 aromatic rings. The fourth-order valence-corrected chi connectivity index (χ4v) is 3.73. The smallest absolute Gasteiger partial charge is 0.187 e. The molecule has 0 saturated carbocycles. The van der Waals surface area contributed by atoms with Gasteiger partial charge in [-0.3, -0.25) is 4.79 Å². The van der Waals surface area contributed by atoms with E-state index in [2.05, 4.69) is 0 Å². The van der Waals surface area contributed by atoms with Gasteiger partial charge in [-0.25, -0.2) is 0 Å². The normalized spacial score (nSPS) is 21.5. The van der Waals surface area contributed by atoms with E-state index in [1.165, 1.54) is 0 Å². The summed E-state index contributed by atoms with van der Waals surface area (Å²) in [6.45, 7) is 1.25. The molecule has 1 saturated heterocycles. The zero-order valence-electron chi connectivity index (χ0n) is 16.9. The van der Waals surface area contributed by atoms with Crippen molar-refractivity contribution in [2.24, 2.45) is 0 Å². The van der Waals surface area contributed by atoms with Crippen LogP contribution < -0.4 is 0 Å². The molecule has 0 amide bonds. The van der Waals surface area contributed by atoms with E-state index in [1.54, 1.807) is 0 Å². The third kappa shape index (κ3) is 5.03. The molecule has 4 rings (SSSR count). The Bertz CT molecular complexity index is 927. The first kappa shape index (κ1) is 20.5. The molecule has 0 unspecified atom stereocenters. The largest absolute Gasteiger partial charge is 0.373 e. The minimum absolute atomic E-state index is 0.0169. The molecule has 0 N–H and O–H groups in total. The van der Waals surface area contributed by atoms with Crippen LogP contribution in [0.5, 0.6) is 0 Å². The molecule has 30 heavy (non-hydrogen) atoms. The zero-order valence-corrected chi connectivity index (χ0v) is 16.9. The topological polar surface area (TPSA) is 44.8 Å². The summed E-state index contributed by atoms with van der Waals surface area (Å²) in [7, 11) is 0. The Balaban J connectivity index is 1.49. The highest BCUT2D eigenvalue weighted by Gasteiger charge is 2.43. The van der Waals surface area contributed by atoms with Gasteiger partial charge < -0.3 is 14.2 Å². The van der Waals surface area contributed by atoms with Crippen LogP contribution in [-0.4, -0.2) is 25.1 Å². The van der Waals surface area contributed by atoms with Gasteiger partial charge in [0.25, 0.3) is 0 Å². The Morgan fingerprint density at radius 2 is 1.37 bits per heavy atom. The lowest BCUT2D eigenvalue weighted by molar-refractivity contribution is -0.182. The van der Waals surface area contributed by atoms with Crippen molar-refractivity contribution in [2.45, 2.75) is 31.3 Å². The minimum atomic E-state index is -0.717. The third-order valence-corrected chi connectivity index (χ3v) is 5.41. The first-order valence-corrected chi connectivity index (χ1v) is 10.2. The highest BCUT2D eigenvalue weighted by atomic mass is 16.6. The summed E-state index contributed by atoms with van der Waals surface area (Å²) in [5.41, 5.74) is 2.43. The average molecular weight is 402 g/mol. The van der Waals surface area contributed by atoms with Crippen molar-refractivity contribution in [1.29, 1.82) is 0 Å². The number of carbonyl (C=O) groups excluding carboxylic acids is 1.